The Balaban J connectivity index is 1.47. The number of benzene rings is 2. The Hall–Kier alpha value is -2.66. The number of nitrogens with zero attached hydrogens (tertiary/aromatic N) is 1. The maximum Gasteiger partial charge on any atom is 0.302 e. The topological polar surface area (TPSA) is 40.5 Å². The van der Waals surface area contributed by atoms with Crippen molar-refractivity contribution in [2.24, 2.45) is 0 Å². The number of rotatable bonds is 5. The zero-order chi connectivity index (χ0) is 21.5. The van der Waals surface area contributed by atoms with Crippen LogP contribution in [0.3, 0.4) is 0 Å². The molecule has 1 saturated carbocycles. The van der Waals surface area contributed by atoms with Gasteiger partial charge in [0.15, 0.2) is 0 Å². The molecule has 5 heteroatoms. The van der Waals surface area contributed by atoms with Gasteiger partial charge < -0.3 is 14.0 Å². The summed E-state index contributed by atoms with van der Waals surface area (Å²) in [6, 6.07) is 13.9. The van der Waals surface area contributed by atoms with Crippen LogP contribution >= 0.6 is 0 Å². The van der Waals surface area contributed by atoms with E-state index in [-0.39, 0.29) is 30.2 Å². The summed E-state index contributed by atoms with van der Waals surface area (Å²) in [4.78, 5) is 11.5. The van der Waals surface area contributed by atoms with Crippen LogP contribution in [0.25, 0.3) is 10.9 Å². The number of ether oxygens (including phenoxy) is 2. The molecule has 0 N–H and O–H groups in total. The lowest BCUT2D eigenvalue weighted by Gasteiger charge is -2.34. The summed E-state index contributed by atoms with van der Waals surface area (Å²) < 4.78 is 28.6. The van der Waals surface area contributed by atoms with Gasteiger partial charge in [-0.2, -0.15) is 0 Å². The highest BCUT2D eigenvalue weighted by atomic mass is 19.1. The lowest BCUT2D eigenvalue weighted by atomic mass is 10.0. The summed E-state index contributed by atoms with van der Waals surface area (Å²) in [6.45, 7) is 3.42. The van der Waals surface area contributed by atoms with Gasteiger partial charge in [0.25, 0.3) is 0 Å². The third-order valence-electron chi connectivity index (χ3n) is 6.40. The van der Waals surface area contributed by atoms with Crippen molar-refractivity contribution in [2.45, 2.75) is 70.3 Å². The van der Waals surface area contributed by atoms with Crippen LogP contribution in [-0.2, 0) is 20.7 Å². The SMILES string of the molecule is CC(=O)O[C@H]1C[C@@H](C)O[C@@H](n2cc(Cc3ccc(C4CC4)cc3)c3c(F)cccc32)C1. The van der Waals surface area contributed by atoms with Crippen molar-refractivity contribution in [3.63, 3.8) is 0 Å². The summed E-state index contributed by atoms with van der Waals surface area (Å²) in [7, 11) is 0. The van der Waals surface area contributed by atoms with Gasteiger partial charge in [0.2, 0.25) is 0 Å². The van der Waals surface area contributed by atoms with E-state index in [1.165, 1.54) is 37.0 Å². The summed E-state index contributed by atoms with van der Waals surface area (Å²) in [5.41, 5.74) is 4.32. The molecule has 162 valence electrons. The molecule has 2 aromatic carbocycles. The standard InChI is InChI=1S/C26H28FNO3/c1-16-12-22(31-17(2)29)14-25(30-16)28-15-21(26-23(27)4-3-5-24(26)28)13-18-6-8-19(9-7-18)20-10-11-20/h3-9,15-16,20,22,25H,10-14H2,1-2H3/t16-,22+,25-/m1/s1. The normalized spacial score (nSPS) is 23.8. The van der Waals surface area contributed by atoms with Gasteiger partial charge in [-0.05, 0) is 60.9 Å². The molecular formula is C26H28FNO3. The van der Waals surface area contributed by atoms with Gasteiger partial charge in [0.1, 0.15) is 18.1 Å². The molecule has 1 aliphatic heterocycles. The number of carbonyl (C=O) groups is 1. The Bertz CT molecular complexity index is 1100. The number of hydrogen-bond acceptors (Lipinski definition) is 3. The van der Waals surface area contributed by atoms with Crippen LogP contribution in [0, 0.1) is 5.82 Å². The van der Waals surface area contributed by atoms with Gasteiger partial charge in [-0.1, -0.05) is 30.3 Å². The molecule has 0 spiro atoms. The smallest absolute Gasteiger partial charge is 0.302 e. The van der Waals surface area contributed by atoms with Gasteiger partial charge in [0.05, 0.1) is 11.6 Å². The molecule has 4 nitrogen and oxygen atoms in total. The number of aromatic nitrogens is 1. The predicted octanol–water partition coefficient (Wildman–Crippen LogP) is 5.88. The second-order valence-electron chi connectivity index (χ2n) is 8.99. The van der Waals surface area contributed by atoms with E-state index in [4.69, 9.17) is 9.47 Å². The Morgan fingerprint density at radius 3 is 2.65 bits per heavy atom. The average Bonchev–Trinajstić information content (AvgIpc) is 3.50. The lowest BCUT2D eigenvalue weighted by molar-refractivity contribution is -0.164. The third-order valence-corrected chi connectivity index (χ3v) is 6.40. The first-order valence-corrected chi connectivity index (χ1v) is 11.2. The lowest BCUT2D eigenvalue weighted by Crippen LogP contribution is -2.34. The van der Waals surface area contributed by atoms with E-state index in [0.29, 0.717) is 24.6 Å². The molecule has 1 aromatic heterocycles. The minimum atomic E-state index is -0.302. The van der Waals surface area contributed by atoms with E-state index in [1.54, 1.807) is 6.07 Å². The highest BCUT2D eigenvalue weighted by molar-refractivity contribution is 5.85. The molecule has 2 aliphatic rings. The average molecular weight is 422 g/mol. The van der Waals surface area contributed by atoms with Gasteiger partial charge >= 0.3 is 5.97 Å². The monoisotopic (exact) mass is 421 g/mol. The molecule has 0 bridgehead atoms. The van der Waals surface area contributed by atoms with Gasteiger partial charge in [-0.25, -0.2) is 4.39 Å². The molecule has 3 aromatic rings. The van der Waals surface area contributed by atoms with Crippen LogP contribution < -0.4 is 0 Å². The fourth-order valence-corrected chi connectivity index (χ4v) is 4.84. The fourth-order valence-electron chi connectivity index (χ4n) is 4.84. The number of halogens is 1. The van der Waals surface area contributed by atoms with Crippen molar-refractivity contribution >= 4 is 16.9 Å². The fraction of sp³-hybridized carbons (Fsp3) is 0.423. The molecule has 0 radical (unpaired) electrons. The van der Waals surface area contributed by atoms with Crippen LogP contribution in [-0.4, -0.2) is 22.7 Å². The summed E-state index contributed by atoms with van der Waals surface area (Å²) in [6.07, 6.45) is 5.91. The molecule has 2 heterocycles. The number of fused-ring (bicyclic) bond motifs is 1. The van der Waals surface area contributed by atoms with Gasteiger partial charge in [-0.3, -0.25) is 4.79 Å². The molecule has 3 atom stereocenters. The molecule has 0 unspecified atom stereocenters. The van der Waals surface area contributed by atoms with Gasteiger partial charge in [0, 0.05) is 31.3 Å². The zero-order valence-electron chi connectivity index (χ0n) is 18.0. The van der Waals surface area contributed by atoms with Crippen LogP contribution in [0.5, 0.6) is 0 Å². The van der Waals surface area contributed by atoms with Crippen LogP contribution in [0.2, 0.25) is 0 Å². The molecule has 1 aliphatic carbocycles. The first-order chi connectivity index (χ1) is 15.0. The van der Waals surface area contributed by atoms with Crippen molar-refractivity contribution < 1.29 is 18.7 Å². The largest absolute Gasteiger partial charge is 0.462 e. The van der Waals surface area contributed by atoms with Crippen molar-refractivity contribution in [1.82, 2.24) is 4.57 Å². The first-order valence-electron chi connectivity index (χ1n) is 11.2. The molecule has 2 fully saturated rings. The van der Waals surface area contributed by atoms with Crippen molar-refractivity contribution in [3.8, 4) is 0 Å². The summed E-state index contributed by atoms with van der Waals surface area (Å²) >= 11 is 0. The number of carbonyl (C=O) groups excluding carboxylic acids is 1. The molecular weight excluding hydrogens is 393 g/mol. The van der Waals surface area contributed by atoms with Crippen LogP contribution in [0.15, 0.2) is 48.7 Å². The van der Waals surface area contributed by atoms with Gasteiger partial charge in [-0.15, -0.1) is 0 Å². The zero-order valence-corrected chi connectivity index (χ0v) is 18.0. The van der Waals surface area contributed by atoms with Crippen molar-refractivity contribution in [3.05, 3.63) is 71.2 Å². The highest BCUT2D eigenvalue weighted by Gasteiger charge is 2.31. The Morgan fingerprint density at radius 1 is 1.16 bits per heavy atom. The maximum absolute atomic E-state index is 14.9. The molecule has 1 saturated heterocycles. The van der Waals surface area contributed by atoms with E-state index >= 15 is 0 Å². The number of hydrogen-bond donors (Lipinski definition) is 0. The summed E-state index contributed by atoms with van der Waals surface area (Å²) in [5.74, 6) is 0.224. The second kappa shape index (κ2) is 8.12. The van der Waals surface area contributed by atoms with E-state index in [9.17, 15) is 9.18 Å². The molecule has 0 amide bonds. The van der Waals surface area contributed by atoms with Crippen LogP contribution in [0.4, 0.5) is 4.39 Å². The Kier molecular flexibility index (Phi) is 5.30. The second-order valence-corrected chi connectivity index (χ2v) is 8.99. The maximum atomic E-state index is 14.9. The van der Waals surface area contributed by atoms with E-state index in [1.807, 2.05) is 23.8 Å². The minimum Gasteiger partial charge on any atom is -0.462 e. The highest BCUT2D eigenvalue weighted by Crippen LogP contribution is 2.40. The van der Waals surface area contributed by atoms with Crippen molar-refractivity contribution in [1.29, 1.82) is 0 Å². The Morgan fingerprint density at radius 2 is 1.94 bits per heavy atom. The first kappa shape index (κ1) is 20.3. The minimum absolute atomic E-state index is 0.0486. The number of esters is 1. The summed E-state index contributed by atoms with van der Waals surface area (Å²) in [5, 5.41) is 0.639. The third kappa shape index (κ3) is 4.24. The van der Waals surface area contributed by atoms with Crippen molar-refractivity contribution in [2.75, 3.05) is 0 Å². The predicted molar refractivity (Wildman–Crippen MR) is 117 cm³/mol. The molecule has 31 heavy (non-hydrogen) atoms. The van der Waals surface area contributed by atoms with Crippen LogP contribution in [0.1, 0.15) is 68.4 Å². The molecule has 5 rings (SSSR count). The van der Waals surface area contributed by atoms with E-state index in [0.717, 1.165) is 17.0 Å². The quantitative estimate of drug-likeness (QED) is 0.483. The van der Waals surface area contributed by atoms with E-state index in [2.05, 4.69) is 24.3 Å². The van der Waals surface area contributed by atoms with E-state index < -0.39 is 0 Å². The Labute approximate surface area is 182 Å².